The van der Waals surface area contributed by atoms with Crippen molar-refractivity contribution in [2.24, 2.45) is 0 Å². The Morgan fingerprint density at radius 1 is 1.00 bits per heavy atom. The fourth-order valence-electron chi connectivity index (χ4n) is 2.33. The molecule has 112 valence electrons. The molecule has 2 rings (SSSR count). The third-order valence-electron chi connectivity index (χ3n) is 3.48. The second-order valence-corrected chi connectivity index (χ2v) is 6.19. The van der Waals surface area contributed by atoms with Crippen molar-refractivity contribution in [1.29, 1.82) is 0 Å². The first-order valence-corrected chi connectivity index (χ1v) is 8.14. The molecule has 0 aliphatic rings. The Hall–Kier alpha value is -0.730. The fraction of sp³-hybridized carbons (Fsp3) is 0.294. The molecule has 1 N–H and O–H groups in total. The van der Waals surface area contributed by atoms with Crippen molar-refractivity contribution < 1.29 is 0 Å². The summed E-state index contributed by atoms with van der Waals surface area (Å²) in [7, 11) is 0. The summed E-state index contributed by atoms with van der Waals surface area (Å²) >= 11 is 18.4. The van der Waals surface area contributed by atoms with Gasteiger partial charge in [0, 0.05) is 17.5 Å². The molecule has 0 saturated carbocycles. The lowest BCUT2D eigenvalue weighted by Gasteiger charge is -2.19. The summed E-state index contributed by atoms with van der Waals surface area (Å²) < 4.78 is 0. The van der Waals surface area contributed by atoms with Crippen LogP contribution in [0.15, 0.2) is 42.5 Å². The maximum Gasteiger partial charge on any atom is 0.0624 e. The van der Waals surface area contributed by atoms with Crippen molar-refractivity contribution >= 4 is 34.8 Å². The molecule has 1 unspecified atom stereocenters. The average Bonchev–Trinajstić information content (AvgIpc) is 2.49. The van der Waals surface area contributed by atoms with Crippen LogP contribution in [0.2, 0.25) is 15.1 Å². The van der Waals surface area contributed by atoms with Gasteiger partial charge in [-0.2, -0.15) is 0 Å². The van der Waals surface area contributed by atoms with Gasteiger partial charge in [0.25, 0.3) is 0 Å². The minimum absolute atomic E-state index is 0.332. The Kier molecular flexibility index (Phi) is 6.38. The van der Waals surface area contributed by atoms with Gasteiger partial charge >= 0.3 is 0 Å². The van der Waals surface area contributed by atoms with Crippen molar-refractivity contribution in [3.63, 3.8) is 0 Å². The number of hydrogen-bond donors (Lipinski definition) is 1. The van der Waals surface area contributed by atoms with Crippen molar-refractivity contribution in [3.05, 3.63) is 68.7 Å². The third kappa shape index (κ3) is 4.62. The Balaban J connectivity index is 2.23. The molecule has 0 amide bonds. The summed E-state index contributed by atoms with van der Waals surface area (Å²) in [4.78, 5) is 0. The van der Waals surface area contributed by atoms with Crippen LogP contribution in [0.4, 0.5) is 0 Å². The minimum Gasteiger partial charge on any atom is -0.316 e. The van der Waals surface area contributed by atoms with Gasteiger partial charge in [0.1, 0.15) is 0 Å². The molecule has 0 aliphatic carbocycles. The van der Waals surface area contributed by atoms with Gasteiger partial charge in [-0.05, 0) is 42.3 Å². The van der Waals surface area contributed by atoms with E-state index in [4.69, 9.17) is 34.8 Å². The Bertz CT molecular complexity index is 581. The lowest BCUT2D eigenvalue weighted by molar-refractivity contribution is 0.595. The molecule has 2 aromatic carbocycles. The highest BCUT2D eigenvalue weighted by atomic mass is 35.5. The highest BCUT2D eigenvalue weighted by Crippen LogP contribution is 2.30. The molecule has 2 aromatic rings. The van der Waals surface area contributed by atoms with E-state index in [9.17, 15) is 0 Å². The quantitative estimate of drug-likeness (QED) is 0.722. The van der Waals surface area contributed by atoms with Crippen LogP contribution < -0.4 is 5.32 Å². The molecule has 4 heteroatoms. The van der Waals surface area contributed by atoms with E-state index in [1.807, 2.05) is 30.3 Å². The first kappa shape index (κ1) is 16.6. The second kappa shape index (κ2) is 8.05. The Morgan fingerprint density at radius 3 is 2.38 bits per heavy atom. The first-order chi connectivity index (χ1) is 10.1. The molecule has 21 heavy (non-hydrogen) atoms. The van der Waals surface area contributed by atoms with Crippen LogP contribution in [0, 0.1) is 0 Å². The minimum atomic E-state index is 0.332. The summed E-state index contributed by atoms with van der Waals surface area (Å²) in [5.41, 5.74) is 2.32. The number of hydrogen-bond acceptors (Lipinski definition) is 1. The maximum atomic E-state index is 6.31. The molecule has 0 aliphatic heterocycles. The molecule has 0 radical (unpaired) electrons. The molecule has 1 nitrogen and oxygen atoms in total. The zero-order chi connectivity index (χ0) is 15.2. The zero-order valence-corrected chi connectivity index (χ0v) is 14.1. The summed E-state index contributed by atoms with van der Waals surface area (Å²) in [6.07, 6.45) is 0.841. The molecule has 0 bridgehead atoms. The van der Waals surface area contributed by atoms with Gasteiger partial charge in [-0.25, -0.2) is 0 Å². The first-order valence-electron chi connectivity index (χ1n) is 7.01. The topological polar surface area (TPSA) is 12.0 Å². The van der Waals surface area contributed by atoms with Gasteiger partial charge in [-0.15, -0.1) is 0 Å². The van der Waals surface area contributed by atoms with E-state index < -0.39 is 0 Å². The van der Waals surface area contributed by atoms with Crippen LogP contribution in [0.25, 0.3) is 0 Å². The average molecular weight is 343 g/mol. The van der Waals surface area contributed by atoms with Gasteiger partial charge in [-0.3, -0.25) is 0 Å². The Morgan fingerprint density at radius 2 is 1.71 bits per heavy atom. The van der Waals surface area contributed by atoms with Gasteiger partial charge in [0.05, 0.1) is 10.0 Å². The lowest BCUT2D eigenvalue weighted by atomic mass is 9.92. The molecular formula is C17H18Cl3N. The van der Waals surface area contributed by atoms with E-state index in [1.54, 1.807) is 0 Å². The van der Waals surface area contributed by atoms with Crippen LogP contribution in [0.1, 0.15) is 24.0 Å². The predicted octanol–water partition coefficient (Wildman–Crippen LogP) is 5.58. The van der Waals surface area contributed by atoms with Crippen LogP contribution in [0.5, 0.6) is 0 Å². The van der Waals surface area contributed by atoms with E-state index in [0.29, 0.717) is 16.0 Å². The van der Waals surface area contributed by atoms with E-state index in [-0.39, 0.29) is 0 Å². The maximum absolute atomic E-state index is 6.31. The van der Waals surface area contributed by atoms with Crippen LogP contribution in [-0.2, 0) is 6.42 Å². The molecule has 0 spiro atoms. The highest BCUT2D eigenvalue weighted by Gasteiger charge is 2.15. The van der Waals surface area contributed by atoms with E-state index in [0.717, 1.165) is 30.1 Å². The van der Waals surface area contributed by atoms with E-state index in [1.165, 1.54) is 5.56 Å². The number of nitrogens with one attached hydrogen (secondary N) is 1. The number of rotatable bonds is 6. The molecule has 1 atom stereocenters. The van der Waals surface area contributed by atoms with Crippen molar-refractivity contribution in [1.82, 2.24) is 5.32 Å². The molecule has 0 fully saturated rings. The Labute approximate surface area is 141 Å². The number of benzene rings is 2. The molecule has 0 saturated heterocycles. The van der Waals surface area contributed by atoms with E-state index in [2.05, 4.69) is 24.4 Å². The molecule has 0 heterocycles. The third-order valence-corrected chi connectivity index (χ3v) is 4.59. The fourth-order valence-corrected chi connectivity index (χ4v) is 2.86. The van der Waals surface area contributed by atoms with Crippen molar-refractivity contribution in [2.75, 3.05) is 13.1 Å². The van der Waals surface area contributed by atoms with Crippen LogP contribution in [0.3, 0.4) is 0 Å². The molecule has 0 aromatic heterocycles. The normalized spacial score (nSPS) is 12.4. The van der Waals surface area contributed by atoms with Crippen molar-refractivity contribution in [2.45, 2.75) is 19.3 Å². The lowest BCUT2D eigenvalue weighted by Crippen LogP contribution is -2.22. The number of halogens is 3. The SMILES string of the molecule is CCNCC(Cc1cccc(Cl)c1Cl)c1ccc(Cl)cc1. The van der Waals surface area contributed by atoms with Gasteiger partial charge < -0.3 is 5.32 Å². The van der Waals surface area contributed by atoms with Crippen LogP contribution >= 0.6 is 34.8 Å². The largest absolute Gasteiger partial charge is 0.316 e. The van der Waals surface area contributed by atoms with Gasteiger partial charge in [0.2, 0.25) is 0 Å². The van der Waals surface area contributed by atoms with Gasteiger partial charge in [0.15, 0.2) is 0 Å². The number of likely N-dealkylation sites (N-methyl/N-ethyl adjacent to an activating group) is 1. The van der Waals surface area contributed by atoms with Crippen LogP contribution in [-0.4, -0.2) is 13.1 Å². The summed E-state index contributed by atoms with van der Waals surface area (Å²) in [5, 5.41) is 5.41. The highest BCUT2D eigenvalue weighted by molar-refractivity contribution is 6.42. The standard InChI is InChI=1S/C17H18Cl3N/c1-2-21-11-14(12-6-8-15(18)9-7-12)10-13-4-3-5-16(19)17(13)20/h3-9,14,21H,2,10-11H2,1H3. The zero-order valence-electron chi connectivity index (χ0n) is 11.9. The predicted molar refractivity (Wildman–Crippen MR) is 92.9 cm³/mol. The summed E-state index contributed by atoms with van der Waals surface area (Å²) in [5.74, 6) is 0.332. The van der Waals surface area contributed by atoms with E-state index >= 15 is 0 Å². The molecular weight excluding hydrogens is 325 g/mol. The van der Waals surface area contributed by atoms with Crippen molar-refractivity contribution in [3.8, 4) is 0 Å². The second-order valence-electron chi connectivity index (χ2n) is 4.97. The monoisotopic (exact) mass is 341 g/mol. The smallest absolute Gasteiger partial charge is 0.0624 e. The summed E-state index contributed by atoms with van der Waals surface area (Å²) in [6, 6.07) is 13.8. The van der Waals surface area contributed by atoms with Gasteiger partial charge in [-0.1, -0.05) is 66.0 Å². The summed E-state index contributed by atoms with van der Waals surface area (Å²) in [6.45, 7) is 3.93.